The van der Waals surface area contributed by atoms with E-state index in [1.54, 1.807) is 6.07 Å². The lowest BCUT2D eigenvalue weighted by Gasteiger charge is -2.38. The molecule has 0 unspecified atom stereocenters. The number of benzene rings is 2. The molecule has 0 radical (unpaired) electrons. The van der Waals surface area contributed by atoms with Gasteiger partial charge in [0.05, 0.1) is 11.6 Å². The first-order chi connectivity index (χ1) is 12.5. The maximum absolute atomic E-state index is 11.5. The summed E-state index contributed by atoms with van der Waals surface area (Å²) in [6.45, 7) is 6.32. The van der Waals surface area contributed by atoms with E-state index in [-0.39, 0.29) is 6.04 Å². The fourth-order valence-corrected chi connectivity index (χ4v) is 4.46. The van der Waals surface area contributed by atoms with Crippen molar-refractivity contribution in [2.45, 2.75) is 45.1 Å². The number of nitrogens with one attached hydrogen (secondary N) is 1. The molecule has 1 heterocycles. The third-order valence-electron chi connectivity index (χ3n) is 5.99. The number of carboxylic acids is 1. The monoisotopic (exact) mass is 347 g/mol. The second-order valence-electron chi connectivity index (χ2n) is 7.80. The minimum Gasteiger partial charge on any atom is -0.478 e. The average Bonchev–Trinajstić information content (AvgIpc) is 3.11. The van der Waals surface area contributed by atoms with Crippen LogP contribution in [0.2, 0.25) is 0 Å². The normalized spacial score (nSPS) is 23.5. The largest absolute Gasteiger partial charge is 0.478 e. The van der Waals surface area contributed by atoms with E-state index in [0.717, 1.165) is 17.7 Å². The van der Waals surface area contributed by atoms with Crippen molar-refractivity contribution < 1.29 is 9.90 Å². The summed E-state index contributed by atoms with van der Waals surface area (Å²) in [7, 11) is 0. The van der Waals surface area contributed by atoms with Gasteiger partial charge in [0.2, 0.25) is 0 Å². The van der Waals surface area contributed by atoms with Gasteiger partial charge in [-0.25, -0.2) is 4.79 Å². The molecule has 2 N–H and O–H groups in total. The van der Waals surface area contributed by atoms with Gasteiger partial charge in [-0.3, -0.25) is 0 Å². The van der Waals surface area contributed by atoms with E-state index in [4.69, 9.17) is 0 Å². The van der Waals surface area contributed by atoms with Crippen molar-refractivity contribution in [3.63, 3.8) is 0 Å². The number of hydrogen-bond donors (Lipinski definition) is 2. The molecule has 3 atom stereocenters. The van der Waals surface area contributed by atoms with Crippen molar-refractivity contribution in [2.24, 2.45) is 5.92 Å². The summed E-state index contributed by atoms with van der Waals surface area (Å²) in [4.78, 5) is 11.5. The Labute approximate surface area is 154 Å². The maximum Gasteiger partial charge on any atom is 0.336 e. The summed E-state index contributed by atoms with van der Waals surface area (Å²) in [5, 5.41) is 13.2. The van der Waals surface area contributed by atoms with Crippen molar-refractivity contribution in [1.29, 1.82) is 0 Å². The van der Waals surface area contributed by atoms with Crippen LogP contribution in [-0.2, 0) is 0 Å². The first kappa shape index (κ1) is 16.9. The van der Waals surface area contributed by atoms with Crippen molar-refractivity contribution in [1.82, 2.24) is 0 Å². The average molecular weight is 347 g/mol. The second-order valence-corrected chi connectivity index (χ2v) is 7.80. The fourth-order valence-electron chi connectivity index (χ4n) is 4.46. The second kappa shape index (κ2) is 6.31. The smallest absolute Gasteiger partial charge is 0.336 e. The molecule has 0 fully saturated rings. The van der Waals surface area contributed by atoms with Gasteiger partial charge in [0.15, 0.2) is 0 Å². The topological polar surface area (TPSA) is 49.3 Å². The van der Waals surface area contributed by atoms with Crippen LogP contribution in [0.15, 0.2) is 48.6 Å². The number of carbonyl (C=O) groups is 1. The molecule has 1 aliphatic heterocycles. The van der Waals surface area contributed by atoms with Gasteiger partial charge in [0.1, 0.15) is 0 Å². The molecular formula is C23H25NO2. The lowest BCUT2D eigenvalue weighted by Crippen LogP contribution is -2.30. The summed E-state index contributed by atoms with van der Waals surface area (Å²) < 4.78 is 0. The van der Waals surface area contributed by atoms with Gasteiger partial charge in [-0.2, -0.15) is 0 Å². The van der Waals surface area contributed by atoms with Gasteiger partial charge < -0.3 is 10.4 Å². The number of fused-ring (bicyclic) bond motifs is 3. The van der Waals surface area contributed by atoms with Crippen molar-refractivity contribution in [3.8, 4) is 0 Å². The van der Waals surface area contributed by atoms with Gasteiger partial charge in [0, 0.05) is 11.6 Å². The van der Waals surface area contributed by atoms with E-state index >= 15 is 0 Å². The fraction of sp³-hybridized carbons (Fsp3) is 0.348. The van der Waals surface area contributed by atoms with Gasteiger partial charge >= 0.3 is 5.97 Å². The molecule has 1 aliphatic carbocycles. The third kappa shape index (κ3) is 2.63. The Kier molecular flexibility index (Phi) is 4.10. The minimum atomic E-state index is -0.867. The Morgan fingerprint density at radius 3 is 2.54 bits per heavy atom. The lowest BCUT2D eigenvalue weighted by atomic mass is 9.75. The van der Waals surface area contributed by atoms with Crippen molar-refractivity contribution in [3.05, 3.63) is 76.4 Å². The van der Waals surface area contributed by atoms with Crippen molar-refractivity contribution in [2.75, 3.05) is 5.32 Å². The number of aromatic carboxylic acids is 1. The highest BCUT2D eigenvalue weighted by Crippen LogP contribution is 2.51. The van der Waals surface area contributed by atoms with Crippen LogP contribution in [0.1, 0.15) is 70.8 Å². The summed E-state index contributed by atoms with van der Waals surface area (Å²) in [5.74, 6) is 0.476. The van der Waals surface area contributed by atoms with Gasteiger partial charge in [0.25, 0.3) is 0 Å². The highest BCUT2D eigenvalue weighted by molar-refractivity contribution is 5.92. The zero-order valence-corrected chi connectivity index (χ0v) is 15.5. The molecule has 0 amide bonds. The van der Waals surface area contributed by atoms with Gasteiger partial charge in [-0.05, 0) is 53.5 Å². The van der Waals surface area contributed by atoms with E-state index in [0.29, 0.717) is 23.3 Å². The summed E-state index contributed by atoms with van der Waals surface area (Å²) >= 11 is 0. The van der Waals surface area contributed by atoms with Crippen LogP contribution < -0.4 is 5.32 Å². The first-order valence-electron chi connectivity index (χ1n) is 9.37. The van der Waals surface area contributed by atoms with Crippen LogP contribution in [0, 0.1) is 12.8 Å². The SMILES string of the molecule is Cc1c(C(=O)O)ccc2c1N[C@@H](c1ccc(C(C)C)cc1)[C@@H]1CC=C[C@@H]21. The van der Waals surface area contributed by atoms with Crippen LogP contribution in [0.5, 0.6) is 0 Å². The molecule has 0 saturated carbocycles. The quantitative estimate of drug-likeness (QED) is 0.706. The molecule has 3 heteroatoms. The molecule has 0 bridgehead atoms. The molecular weight excluding hydrogens is 322 g/mol. The van der Waals surface area contributed by atoms with E-state index in [1.807, 2.05) is 13.0 Å². The molecule has 0 aromatic heterocycles. The number of anilines is 1. The van der Waals surface area contributed by atoms with E-state index < -0.39 is 5.97 Å². The van der Waals surface area contributed by atoms with Crippen LogP contribution in [-0.4, -0.2) is 11.1 Å². The Hall–Kier alpha value is -2.55. The van der Waals surface area contributed by atoms with E-state index in [9.17, 15) is 9.90 Å². The Bertz CT molecular complexity index is 880. The standard InChI is InChI=1S/C23H25NO2/c1-13(2)15-7-9-16(10-8-15)22-19-6-4-5-18(19)20-12-11-17(23(25)26)14(3)21(20)24-22/h4-5,7-13,18-19,22,24H,6H2,1-3H3,(H,25,26)/t18-,19-,22+/m1/s1. The molecule has 134 valence electrons. The van der Waals surface area contributed by atoms with Crippen LogP contribution in [0.3, 0.4) is 0 Å². The van der Waals surface area contributed by atoms with Gasteiger partial charge in [-0.1, -0.05) is 56.3 Å². The van der Waals surface area contributed by atoms with Crippen LogP contribution >= 0.6 is 0 Å². The molecule has 4 rings (SSSR count). The Morgan fingerprint density at radius 1 is 1.15 bits per heavy atom. The molecule has 0 spiro atoms. The lowest BCUT2D eigenvalue weighted by molar-refractivity contribution is 0.0696. The maximum atomic E-state index is 11.5. The summed E-state index contributed by atoms with van der Waals surface area (Å²) in [6, 6.07) is 12.8. The van der Waals surface area contributed by atoms with E-state index in [2.05, 4.69) is 55.6 Å². The van der Waals surface area contributed by atoms with Crippen LogP contribution in [0.25, 0.3) is 0 Å². The molecule has 26 heavy (non-hydrogen) atoms. The molecule has 2 aromatic carbocycles. The zero-order valence-electron chi connectivity index (χ0n) is 15.5. The predicted octanol–water partition coefficient (Wildman–Crippen LogP) is 5.64. The molecule has 2 aromatic rings. The van der Waals surface area contributed by atoms with Crippen LogP contribution in [0.4, 0.5) is 5.69 Å². The Morgan fingerprint density at radius 2 is 1.88 bits per heavy atom. The van der Waals surface area contributed by atoms with E-state index in [1.165, 1.54) is 16.7 Å². The number of hydrogen-bond acceptors (Lipinski definition) is 2. The number of allylic oxidation sites excluding steroid dienone is 2. The predicted molar refractivity (Wildman–Crippen MR) is 105 cm³/mol. The molecule has 0 saturated heterocycles. The summed E-state index contributed by atoms with van der Waals surface area (Å²) in [6.07, 6.45) is 5.61. The number of carboxylic acid groups (broad SMARTS) is 1. The van der Waals surface area contributed by atoms with Gasteiger partial charge in [-0.15, -0.1) is 0 Å². The third-order valence-corrected chi connectivity index (χ3v) is 5.99. The highest BCUT2D eigenvalue weighted by atomic mass is 16.4. The molecule has 2 aliphatic rings. The van der Waals surface area contributed by atoms with Crippen molar-refractivity contribution >= 4 is 11.7 Å². The number of rotatable bonds is 3. The zero-order chi connectivity index (χ0) is 18.4. The first-order valence-corrected chi connectivity index (χ1v) is 9.37. The Balaban J connectivity index is 1.77. The summed E-state index contributed by atoms with van der Waals surface area (Å²) in [5.41, 5.74) is 6.05. The minimum absolute atomic E-state index is 0.200. The highest BCUT2D eigenvalue weighted by Gasteiger charge is 2.38. The molecule has 3 nitrogen and oxygen atoms in total.